The summed E-state index contributed by atoms with van der Waals surface area (Å²) in [6.07, 6.45) is 2.06. The van der Waals surface area contributed by atoms with Crippen LogP contribution in [0.2, 0.25) is 0 Å². The van der Waals surface area contributed by atoms with Crippen molar-refractivity contribution in [3.05, 3.63) is 63.2 Å². The molecule has 0 radical (unpaired) electrons. The first kappa shape index (κ1) is 28.2. The molecule has 7 nitrogen and oxygen atoms in total. The molecule has 188 valence electrons. The van der Waals surface area contributed by atoms with Gasteiger partial charge in [-0.25, -0.2) is 4.79 Å². The van der Waals surface area contributed by atoms with E-state index in [1.54, 1.807) is 4.90 Å². The van der Waals surface area contributed by atoms with Crippen LogP contribution in [0.15, 0.2) is 39.5 Å². The average molecular weight is 512 g/mol. The minimum atomic E-state index is -0.507. The highest BCUT2D eigenvalue weighted by Crippen LogP contribution is 2.24. The Morgan fingerprint density at radius 2 is 1.85 bits per heavy atom. The number of carbonyl (C=O) groups is 1. The molecule has 34 heavy (non-hydrogen) atoms. The number of ether oxygens (including phenoxy) is 1. The molecule has 9 heteroatoms. The first-order chi connectivity index (χ1) is 15.5. The zero-order valence-corrected chi connectivity index (χ0v) is 21.5. The molecule has 2 fully saturated rings. The summed E-state index contributed by atoms with van der Waals surface area (Å²) in [5, 5.41) is 3.34. The smallest absolute Gasteiger partial charge is 0.349 e. The molecule has 2 saturated heterocycles. The minimum absolute atomic E-state index is 0. The maximum absolute atomic E-state index is 13.1. The van der Waals surface area contributed by atoms with Gasteiger partial charge in [-0.1, -0.05) is 12.1 Å². The van der Waals surface area contributed by atoms with E-state index in [0.29, 0.717) is 31.0 Å². The van der Waals surface area contributed by atoms with E-state index in [1.807, 2.05) is 32.0 Å². The molecular weight excluding hydrogens is 477 g/mol. The second-order valence-electron chi connectivity index (χ2n) is 8.68. The monoisotopic (exact) mass is 511 g/mol. The molecule has 1 amide bonds. The van der Waals surface area contributed by atoms with E-state index in [0.717, 1.165) is 51.3 Å². The third-order valence-electron chi connectivity index (χ3n) is 6.38. The first-order valence-corrected chi connectivity index (χ1v) is 11.6. The summed E-state index contributed by atoms with van der Waals surface area (Å²) in [4.78, 5) is 29.9. The van der Waals surface area contributed by atoms with Gasteiger partial charge in [0.2, 0.25) is 0 Å². The van der Waals surface area contributed by atoms with Crippen molar-refractivity contribution in [3.8, 4) is 5.75 Å². The molecule has 1 aromatic heterocycles. The molecule has 1 aromatic carbocycles. The number of nitrogens with one attached hydrogen (secondary N) is 1. The van der Waals surface area contributed by atoms with Crippen LogP contribution >= 0.6 is 24.8 Å². The predicted molar refractivity (Wildman–Crippen MR) is 138 cm³/mol. The van der Waals surface area contributed by atoms with Crippen LogP contribution in [0.5, 0.6) is 5.75 Å². The van der Waals surface area contributed by atoms with Gasteiger partial charge >= 0.3 is 5.63 Å². The topological polar surface area (TPSA) is 75.0 Å². The van der Waals surface area contributed by atoms with E-state index in [-0.39, 0.29) is 42.2 Å². The fourth-order valence-electron chi connectivity index (χ4n) is 4.57. The maximum atomic E-state index is 13.1. The quantitative estimate of drug-likeness (QED) is 0.638. The lowest BCUT2D eigenvalue weighted by atomic mass is 9.95. The summed E-state index contributed by atoms with van der Waals surface area (Å²) < 4.78 is 11.1. The predicted octanol–water partition coefficient (Wildman–Crippen LogP) is 3.62. The maximum Gasteiger partial charge on any atom is 0.349 e. The minimum Gasteiger partial charge on any atom is -0.494 e. The number of piperidine rings is 1. The summed E-state index contributed by atoms with van der Waals surface area (Å²) in [7, 11) is 0. The Kier molecular flexibility index (Phi) is 10.9. The summed E-state index contributed by atoms with van der Waals surface area (Å²) in [6, 6.07) is 10.0. The third kappa shape index (κ3) is 6.75. The van der Waals surface area contributed by atoms with E-state index in [4.69, 9.17) is 9.15 Å². The Balaban J connectivity index is 0.00000204. The van der Waals surface area contributed by atoms with Gasteiger partial charge in [-0.2, -0.15) is 0 Å². The van der Waals surface area contributed by atoms with Gasteiger partial charge in [0, 0.05) is 45.2 Å². The van der Waals surface area contributed by atoms with Crippen molar-refractivity contribution in [2.75, 3.05) is 45.9 Å². The summed E-state index contributed by atoms with van der Waals surface area (Å²) in [5.74, 6) is 1.55. The van der Waals surface area contributed by atoms with Crippen molar-refractivity contribution >= 4 is 30.7 Å². The van der Waals surface area contributed by atoms with Crippen molar-refractivity contribution in [2.24, 2.45) is 0 Å². The second-order valence-corrected chi connectivity index (χ2v) is 8.68. The number of halogens is 2. The first-order valence-electron chi connectivity index (χ1n) is 11.6. The summed E-state index contributed by atoms with van der Waals surface area (Å²) in [6.45, 7) is 9.87. The molecule has 4 rings (SSSR count). The Hall–Kier alpha value is -2.06. The zero-order valence-electron chi connectivity index (χ0n) is 19.9. The van der Waals surface area contributed by atoms with Crippen molar-refractivity contribution in [1.29, 1.82) is 0 Å². The number of benzene rings is 1. The second kappa shape index (κ2) is 13.1. The van der Waals surface area contributed by atoms with E-state index in [1.165, 1.54) is 5.56 Å². The molecule has 3 heterocycles. The molecule has 0 spiro atoms. The molecule has 1 N–H and O–H groups in total. The van der Waals surface area contributed by atoms with Crippen LogP contribution in [0.4, 0.5) is 0 Å². The van der Waals surface area contributed by atoms with Crippen LogP contribution in [0.1, 0.15) is 52.9 Å². The molecule has 2 aliphatic heterocycles. The van der Waals surface area contributed by atoms with Crippen LogP contribution in [0.3, 0.4) is 0 Å². The SMILES string of the molecule is CCOc1ccc(CN2CCN(C(=O)c3c(C)cc(C4CCCNC4)oc3=O)CC2)cc1.Cl.Cl. The zero-order chi connectivity index (χ0) is 22.5. The molecule has 2 aliphatic rings. The van der Waals surface area contributed by atoms with Crippen molar-refractivity contribution in [2.45, 2.75) is 39.2 Å². The van der Waals surface area contributed by atoms with Crippen molar-refractivity contribution in [1.82, 2.24) is 15.1 Å². The molecule has 2 aromatic rings. The van der Waals surface area contributed by atoms with Crippen LogP contribution in [0, 0.1) is 6.92 Å². The van der Waals surface area contributed by atoms with Gasteiger partial charge in [-0.3, -0.25) is 9.69 Å². The molecular formula is C25H35Cl2N3O4. The molecule has 1 unspecified atom stereocenters. The number of nitrogens with zero attached hydrogens (tertiary/aromatic N) is 2. The number of piperazine rings is 1. The van der Waals surface area contributed by atoms with Gasteiger partial charge in [0.05, 0.1) is 6.61 Å². The Morgan fingerprint density at radius 1 is 1.15 bits per heavy atom. The van der Waals surface area contributed by atoms with Gasteiger partial charge in [0.15, 0.2) is 0 Å². The number of hydrogen-bond acceptors (Lipinski definition) is 6. The van der Waals surface area contributed by atoms with E-state index < -0.39 is 5.63 Å². The number of rotatable bonds is 6. The summed E-state index contributed by atoms with van der Waals surface area (Å²) in [5.41, 5.74) is 1.60. The van der Waals surface area contributed by atoms with Crippen LogP contribution in [-0.4, -0.2) is 61.6 Å². The third-order valence-corrected chi connectivity index (χ3v) is 6.38. The van der Waals surface area contributed by atoms with Crippen molar-refractivity contribution in [3.63, 3.8) is 0 Å². The number of aryl methyl sites for hydroxylation is 1. The Bertz CT molecular complexity index is 983. The van der Waals surface area contributed by atoms with E-state index >= 15 is 0 Å². The van der Waals surface area contributed by atoms with E-state index in [2.05, 4.69) is 22.3 Å². The Morgan fingerprint density at radius 3 is 2.44 bits per heavy atom. The number of hydrogen-bond donors (Lipinski definition) is 1. The molecule has 0 saturated carbocycles. The largest absolute Gasteiger partial charge is 0.494 e. The van der Waals surface area contributed by atoms with Gasteiger partial charge < -0.3 is 19.4 Å². The average Bonchev–Trinajstić information content (AvgIpc) is 2.81. The number of carbonyl (C=O) groups excluding carboxylic acids is 1. The highest BCUT2D eigenvalue weighted by Gasteiger charge is 2.27. The molecule has 0 aliphatic carbocycles. The van der Waals surface area contributed by atoms with Gasteiger partial charge in [0.25, 0.3) is 5.91 Å². The molecule has 1 atom stereocenters. The highest BCUT2D eigenvalue weighted by molar-refractivity contribution is 5.95. The lowest BCUT2D eigenvalue weighted by Gasteiger charge is -2.34. The van der Waals surface area contributed by atoms with Gasteiger partial charge in [-0.05, 0) is 62.6 Å². The fourth-order valence-corrected chi connectivity index (χ4v) is 4.57. The summed E-state index contributed by atoms with van der Waals surface area (Å²) >= 11 is 0. The normalized spacial score (nSPS) is 18.5. The lowest BCUT2D eigenvalue weighted by molar-refractivity contribution is 0.0622. The van der Waals surface area contributed by atoms with Gasteiger partial charge in [0.1, 0.15) is 17.1 Å². The Labute approximate surface area is 213 Å². The van der Waals surface area contributed by atoms with Crippen LogP contribution in [0.25, 0.3) is 0 Å². The molecule has 0 bridgehead atoms. The standard InChI is InChI=1S/C25H33N3O4.2ClH/c1-3-31-21-8-6-19(7-9-21)17-27-11-13-28(14-12-27)24(29)23-18(2)15-22(32-25(23)30)20-5-4-10-26-16-20;;/h6-9,15,20,26H,3-5,10-14,16-17H2,1-2H3;2*1H. The highest BCUT2D eigenvalue weighted by atomic mass is 35.5. The lowest BCUT2D eigenvalue weighted by Crippen LogP contribution is -2.49. The van der Waals surface area contributed by atoms with E-state index in [9.17, 15) is 9.59 Å². The fraction of sp³-hybridized carbons (Fsp3) is 0.520. The van der Waals surface area contributed by atoms with Crippen molar-refractivity contribution < 1.29 is 13.9 Å². The van der Waals surface area contributed by atoms with Crippen LogP contribution in [-0.2, 0) is 6.54 Å². The van der Waals surface area contributed by atoms with Gasteiger partial charge in [-0.15, -0.1) is 24.8 Å². The van der Waals surface area contributed by atoms with Crippen LogP contribution < -0.4 is 15.7 Å². The number of amides is 1.